The summed E-state index contributed by atoms with van der Waals surface area (Å²) in [6, 6.07) is 3.81. The summed E-state index contributed by atoms with van der Waals surface area (Å²) in [4.78, 5) is 11.5. The lowest BCUT2D eigenvalue weighted by Crippen LogP contribution is -2.43. The van der Waals surface area contributed by atoms with Gasteiger partial charge in [0.05, 0.1) is 17.7 Å². The Morgan fingerprint density at radius 1 is 1.29 bits per heavy atom. The maximum Gasteiger partial charge on any atom is 0.416 e. The summed E-state index contributed by atoms with van der Waals surface area (Å²) in [5.41, 5.74) is -0.402. The zero-order valence-corrected chi connectivity index (χ0v) is 11.9. The van der Waals surface area contributed by atoms with E-state index in [4.69, 9.17) is 0 Å². The highest BCUT2D eigenvalue weighted by Gasteiger charge is 2.30. The van der Waals surface area contributed by atoms with Gasteiger partial charge in [-0.1, -0.05) is 12.1 Å². The summed E-state index contributed by atoms with van der Waals surface area (Å²) in [6.45, 7) is 4.02. The van der Waals surface area contributed by atoms with E-state index in [0.717, 1.165) is 12.1 Å². The van der Waals surface area contributed by atoms with E-state index in [0.29, 0.717) is 12.1 Å². The topological polar surface area (TPSA) is 61.4 Å². The van der Waals surface area contributed by atoms with E-state index in [-0.39, 0.29) is 12.5 Å². The lowest BCUT2D eigenvalue weighted by molar-refractivity contribution is -0.137. The van der Waals surface area contributed by atoms with E-state index < -0.39 is 23.9 Å². The fraction of sp³-hybridized carbons (Fsp3) is 0.500. The second-order valence-electron chi connectivity index (χ2n) is 4.66. The molecule has 0 aliphatic heterocycles. The van der Waals surface area contributed by atoms with Gasteiger partial charge in [0.25, 0.3) is 0 Å². The molecule has 1 aromatic carbocycles. The number of hydrogen-bond acceptors (Lipinski definition) is 3. The van der Waals surface area contributed by atoms with Crippen molar-refractivity contribution in [3.63, 3.8) is 0 Å². The van der Waals surface area contributed by atoms with Crippen molar-refractivity contribution in [3.8, 4) is 0 Å². The minimum absolute atomic E-state index is 0.0731. The van der Waals surface area contributed by atoms with Crippen LogP contribution in [0.2, 0.25) is 0 Å². The number of carbonyl (C=O) groups is 1. The van der Waals surface area contributed by atoms with Crippen molar-refractivity contribution in [2.24, 2.45) is 0 Å². The smallest absolute Gasteiger partial charge is 0.387 e. The van der Waals surface area contributed by atoms with Crippen LogP contribution in [0.1, 0.15) is 31.1 Å². The van der Waals surface area contributed by atoms with E-state index in [1.165, 1.54) is 12.1 Å². The van der Waals surface area contributed by atoms with Gasteiger partial charge in [-0.25, -0.2) is 0 Å². The van der Waals surface area contributed by atoms with E-state index in [2.05, 4.69) is 10.6 Å². The first-order valence-electron chi connectivity index (χ1n) is 6.62. The monoisotopic (exact) mass is 304 g/mol. The second-order valence-corrected chi connectivity index (χ2v) is 4.66. The molecule has 0 aromatic heterocycles. The van der Waals surface area contributed by atoms with Crippen molar-refractivity contribution in [3.05, 3.63) is 35.4 Å². The molecule has 0 bridgehead atoms. The molecule has 1 amide bonds. The maximum absolute atomic E-state index is 12.4. The second kappa shape index (κ2) is 7.42. The zero-order valence-electron chi connectivity index (χ0n) is 11.9. The fourth-order valence-electron chi connectivity index (χ4n) is 1.72. The van der Waals surface area contributed by atoms with Gasteiger partial charge in [0.1, 0.15) is 0 Å². The number of amides is 1. The van der Waals surface area contributed by atoms with Gasteiger partial charge in [0.15, 0.2) is 0 Å². The molecule has 2 atom stereocenters. The number of benzene rings is 1. The highest BCUT2D eigenvalue weighted by Crippen LogP contribution is 2.29. The van der Waals surface area contributed by atoms with Crippen molar-refractivity contribution in [2.45, 2.75) is 32.2 Å². The van der Waals surface area contributed by atoms with Gasteiger partial charge < -0.3 is 15.7 Å². The minimum Gasteiger partial charge on any atom is -0.387 e. The number of halogens is 3. The normalized spacial score (nSPS) is 14.6. The van der Waals surface area contributed by atoms with Crippen LogP contribution in [0.4, 0.5) is 13.2 Å². The maximum atomic E-state index is 12.4. The summed E-state index contributed by atoms with van der Waals surface area (Å²) in [5, 5.41) is 15.4. The molecule has 3 N–H and O–H groups in total. The Hall–Kier alpha value is -1.60. The molecule has 7 heteroatoms. The number of hydrogen-bond donors (Lipinski definition) is 3. The standard InChI is InChI=1S/C14H19F3N2O2/c1-3-18-13(21)9(2)19-8-12(20)10-4-6-11(7-5-10)14(15,16)17/h4-7,9,12,19-20H,3,8H2,1-2H3,(H,18,21). The first kappa shape index (κ1) is 17.5. The lowest BCUT2D eigenvalue weighted by atomic mass is 10.1. The van der Waals surface area contributed by atoms with Crippen LogP contribution in [-0.4, -0.2) is 30.1 Å². The van der Waals surface area contributed by atoms with E-state index in [1.807, 2.05) is 0 Å². The highest BCUT2D eigenvalue weighted by atomic mass is 19.4. The molecule has 0 fully saturated rings. The van der Waals surface area contributed by atoms with Gasteiger partial charge in [-0.05, 0) is 31.5 Å². The predicted octanol–water partition coefficient (Wildman–Crippen LogP) is 1.85. The minimum atomic E-state index is -4.39. The molecule has 2 unspecified atom stereocenters. The third-order valence-electron chi connectivity index (χ3n) is 2.98. The third-order valence-corrected chi connectivity index (χ3v) is 2.98. The number of nitrogens with one attached hydrogen (secondary N) is 2. The molecule has 21 heavy (non-hydrogen) atoms. The summed E-state index contributed by atoms with van der Waals surface area (Å²) in [5.74, 6) is -0.197. The molecule has 0 aliphatic rings. The van der Waals surface area contributed by atoms with Crippen molar-refractivity contribution in [1.82, 2.24) is 10.6 Å². The quantitative estimate of drug-likeness (QED) is 0.752. The van der Waals surface area contributed by atoms with Gasteiger partial charge in [-0.2, -0.15) is 13.2 Å². The number of rotatable bonds is 6. The summed E-state index contributed by atoms with van der Waals surface area (Å²) in [7, 11) is 0. The molecule has 118 valence electrons. The highest BCUT2D eigenvalue weighted by molar-refractivity contribution is 5.81. The third kappa shape index (κ3) is 5.35. The predicted molar refractivity (Wildman–Crippen MR) is 72.6 cm³/mol. The molecule has 0 aliphatic carbocycles. The molecule has 1 aromatic rings. The molecule has 0 radical (unpaired) electrons. The first-order valence-corrected chi connectivity index (χ1v) is 6.62. The van der Waals surface area contributed by atoms with Crippen LogP contribution >= 0.6 is 0 Å². The zero-order chi connectivity index (χ0) is 16.0. The van der Waals surface area contributed by atoms with Gasteiger partial charge in [-0.15, -0.1) is 0 Å². The van der Waals surface area contributed by atoms with Crippen molar-refractivity contribution < 1.29 is 23.1 Å². The molecule has 1 rings (SSSR count). The number of likely N-dealkylation sites (N-methyl/N-ethyl adjacent to an activating group) is 1. The average molecular weight is 304 g/mol. The van der Waals surface area contributed by atoms with Gasteiger partial charge in [-0.3, -0.25) is 4.79 Å². The van der Waals surface area contributed by atoms with E-state index in [1.54, 1.807) is 13.8 Å². The number of carbonyl (C=O) groups excluding carboxylic acids is 1. The van der Waals surface area contributed by atoms with E-state index >= 15 is 0 Å². The van der Waals surface area contributed by atoms with Crippen LogP contribution in [0, 0.1) is 0 Å². The largest absolute Gasteiger partial charge is 0.416 e. The molecule has 0 saturated carbocycles. The molecular formula is C14H19F3N2O2. The SMILES string of the molecule is CCNC(=O)C(C)NCC(O)c1ccc(C(F)(F)F)cc1. The van der Waals surface area contributed by atoms with Crippen LogP contribution < -0.4 is 10.6 Å². The van der Waals surface area contributed by atoms with Gasteiger partial charge >= 0.3 is 6.18 Å². The van der Waals surface area contributed by atoms with Crippen molar-refractivity contribution in [2.75, 3.05) is 13.1 Å². The summed E-state index contributed by atoms with van der Waals surface area (Å²) < 4.78 is 37.3. The van der Waals surface area contributed by atoms with Crippen LogP contribution in [-0.2, 0) is 11.0 Å². The first-order chi connectivity index (χ1) is 9.75. The van der Waals surface area contributed by atoms with Crippen LogP contribution in [0.15, 0.2) is 24.3 Å². The fourth-order valence-corrected chi connectivity index (χ4v) is 1.72. The van der Waals surface area contributed by atoms with Crippen molar-refractivity contribution >= 4 is 5.91 Å². The Balaban J connectivity index is 2.56. The molecule has 0 spiro atoms. The number of alkyl halides is 3. The van der Waals surface area contributed by atoms with Crippen LogP contribution in [0.3, 0.4) is 0 Å². The Bertz CT molecular complexity index is 460. The average Bonchev–Trinajstić information content (AvgIpc) is 2.43. The Morgan fingerprint density at radius 3 is 2.33 bits per heavy atom. The van der Waals surface area contributed by atoms with Crippen molar-refractivity contribution in [1.29, 1.82) is 0 Å². The Kier molecular flexibility index (Phi) is 6.17. The Labute approximate surface area is 121 Å². The van der Waals surface area contributed by atoms with Crippen LogP contribution in [0.25, 0.3) is 0 Å². The van der Waals surface area contributed by atoms with E-state index in [9.17, 15) is 23.1 Å². The summed E-state index contributed by atoms with van der Waals surface area (Å²) >= 11 is 0. The molecular weight excluding hydrogens is 285 g/mol. The molecule has 0 heterocycles. The van der Waals surface area contributed by atoms with Crippen LogP contribution in [0.5, 0.6) is 0 Å². The molecule has 4 nitrogen and oxygen atoms in total. The number of aliphatic hydroxyl groups excluding tert-OH is 1. The lowest BCUT2D eigenvalue weighted by Gasteiger charge is -2.17. The van der Waals surface area contributed by atoms with Gasteiger partial charge in [0, 0.05) is 13.1 Å². The van der Waals surface area contributed by atoms with Gasteiger partial charge in [0.2, 0.25) is 5.91 Å². The number of aliphatic hydroxyl groups is 1. The summed E-state index contributed by atoms with van der Waals surface area (Å²) in [6.07, 6.45) is -5.38. The Morgan fingerprint density at radius 2 is 1.86 bits per heavy atom. The molecule has 0 saturated heterocycles.